The van der Waals surface area contributed by atoms with Crippen LogP contribution in [0, 0.1) is 0 Å². The fourth-order valence-corrected chi connectivity index (χ4v) is 3.86. The van der Waals surface area contributed by atoms with Crippen LogP contribution < -0.4 is 0 Å². The fourth-order valence-electron chi connectivity index (χ4n) is 2.02. The van der Waals surface area contributed by atoms with Gasteiger partial charge in [0.25, 0.3) is 0 Å². The van der Waals surface area contributed by atoms with Gasteiger partial charge in [-0.15, -0.1) is 0 Å². The Labute approximate surface area is 117 Å². The topological polar surface area (TPSA) is 66.8 Å². The number of ether oxygens (including phenoxy) is 1. The molecule has 1 fully saturated rings. The molecule has 0 saturated carbocycles. The second-order valence-electron chi connectivity index (χ2n) is 4.40. The molecule has 1 saturated heterocycles. The van der Waals surface area contributed by atoms with Crippen molar-refractivity contribution in [3.8, 4) is 0 Å². The number of aliphatic hydroxyl groups is 1. The molecule has 1 heterocycles. The minimum Gasteiger partial charge on any atom is -0.395 e. The Morgan fingerprint density at radius 2 is 2.05 bits per heavy atom. The molecule has 0 amide bonds. The molecule has 0 aliphatic carbocycles. The van der Waals surface area contributed by atoms with Crippen molar-refractivity contribution in [2.45, 2.75) is 11.8 Å². The van der Waals surface area contributed by atoms with Crippen LogP contribution in [0.15, 0.2) is 24.3 Å². The van der Waals surface area contributed by atoms with Gasteiger partial charge in [0.2, 0.25) is 10.0 Å². The van der Waals surface area contributed by atoms with Gasteiger partial charge >= 0.3 is 0 Å². The predicted molar refractivity (Wildman–Crippen MR) is 72.5 cm³/mol. The number of nitrogens with zero attached hydrogens (tertiary/aromatic N) is 1. The van der Waals surface area contributed by atoms with E-state index in [1.807, 2.05) is 0 Å². The van der Waals surface area contributed by atoms with Crippen molar-refractivity contribution in [1.29, 1.82) is 0 Å². The van der Waals surface area contributed by atoms with Crippen LogP contribution in [-0.4, -0.2) is 50.2 Å². The summed E-state index contributed by atoms with van der Waals surface area (Å²) in [5, 5.41) is 9.79. The van der Waals surface area contributed by atoms with E-state index in [4.69, 9.17) is 16.3 Å². The van der Waals surface area contributed by atoms with Crippen molar-refractivity contribution < 1.29 is 18.3 Å². The first kappa shape index (κ1) is 14.7. The molecule has 1 aromatic carbocycles. The van der Waals surface area contributed by atoms with Crippen LogP contribution in [0.2, 0.25) is 5.02 Å². The Bertz CT molecular complexity index is 517. The van der Waals surface area contributed by atoms with E-state index >= 15 is 0 Å². The molecule has 0 aromatic heterocycles. The molecular formula is C12H16ClNO4S. The van der Waals surface area contributed by atoms with Gasteiger partial charge in [-0.1, -0.05) is 23.7 Å². The minimum atomic E-state index is -3.46. The zero-order valence-corrected chi connectivity index (χ0v) is 11.9. The van der Waals surface area contributed by atoms with E-state index in [1.165, 1.54) is 4.31 Å². The van der Waals surface area contributed by atoms with Crippen molar-refractivity contribution in [2.24, 2.45) is 0 Å². The molecule has 19 heavy (non-hydrogen) atoms. The number of sulfonamides is 1. The van der Waals surface area contributed by atoms with Gasteiger partial charge in [-0.25, -0.2) is 8.42 Å². The van der Waals surface area contributed by atoms with Crippen LogP contribution in [-0.2, 0) is 20.5 Å². The molecule has 0 unspecified atom stereocenters. The lowest BCUT2D eigenvalue weighted by Crippen LogP contribution is -2.50. The SMILES string of the molecule is O=S(=O)(Cc1ccc(Cl)cc1)N1CCOC[C@H]1CO. The van der Waals surface area contributed by atoms with Gasteiger partial charge in [-0.05, 0) is 17.7 Å². The minimum absolute atomic E-state index is 0.0966. The summed E-state index contributed by atoms with van der Waals surface area (Å²) in [5.74, 6) is -0.0966. The molecule has 7 heteroatoms. The highest BCUT2D eigenvalue weighted by Gasteiger charge is 2.32. The lowest BCUT2D eigenvalue weighted by atomic mass is 10.2. The molecule has 0 spiro atoms. The van der Waals surface area contributed by atoms with Crippen LogP contribution in [0.4, 0.5) is 0 Å². The summed E-state index contributed by atoms with van der Waals surface area (Å²) in [4.78, 5) is 0. The number of halogens is 1. The molecule has 1 aromatic rings. The number of rotatable bonds is 4. The molecule has 0 bridgehead atoms. The molecule has 0 radical (unpaired) electrons. The molecule has 2 rings (SSSR count). The highest BCUT2D eigenvalue weighted by Crippen LogP contribution is 2.18. The number of hydrogen-bond donors (Lipinski definition) is 1. The van der Waals surface area contributed by atoms with Crippen molar-refractivity contribution in [3.63, 3.8) is 0 Å². The van der Waals surface area contributed by atoms with E-state index in [0.717, 1.165) is 0 Å². The van der Waals surface area contributed by atoms with E-state index in [9.17, 15) is 13.5 Å². The predicted octanol–water partition coefficient (Wildman–Crippen LogP) is 0.863. The van der Waals surface area contributed by atoms with E-state index in [2.05, 4.69) is 0 Å². The maximum atomic E-state index is 12.3. The van der Waals surface area contributed by atoms with Crippen molar-refractivity contribution >= 4 is 21.6 Å². The van der Waals surface area contributed by atoms with Crippen LogP contribution in [0.5, 0.6) is 0 Å². The van der Waals surface area contributed by atoms with Crippen molar-refractivity contribution in [2.75, 3.05) is 26.4 Å². The zero-order valence-electron chi connectivity index (χ0n) is 10.3. The standard InChI is InChI=1S/C12H16ClNO4S/c13-11-3-1-10(2-4-11)9-19(16,17)14-5-6-18-8-12(14)7-15/h1-4,12,15H,5-9H2/t12-/m1/s1. The molecule has 1 aliphatic heterocycles. The third-order valence-corrected chi connectivity index (χ3v) is 5.15. The van der Waals surface area contributed by atoms with E-state index in [0.29, 0.717) is 17.2 Å². The van der Waals surface area contributed by atoms with Gasteiger partial charge in [0.1, 0.15) is 0 Å². The first-order valence-corrected chi connectivity index (χ1v) is 7.94. The van der Waals surface area contributed by atoms with Gasteiger partial charge in [-0.3, -0.25) is 0 Å². The van der Waals surface area contributed by atoms with Gasteiger partial charge in [0.05, 0.1) is 31.6 Å². The normalized spacial score (nSPS) is 21.5. The molecule has 1 N–H and O–H groups in total. The van der Waals surface area contributed by atoms with Crippen LogP contribution in [0.25, 0.3) is 0 Å². The first-order valence-electron chi connectivity index (χ1n) is 5.95. The third kappa shape index (κ3) is 3.67. The third-order valence-electron chi connectivity index (χ3n) is 3.00. The van der Waals surface area contributed by atoms with Crippen molar-refractivity contribution in [3.05, 3.63) is 34.9 Å². The molecular weight excluding hydrogens is 290 g/mol. The summed E-state index contributed by atoms with van der Waals surface area (Å²) in [6.45, 7) is 0.633. The summed E-state index contributed by atoms with van der Waals surface area (Å²) in [6.07, 6.45) is 0. The Hall–Kier alpha value is -0.660. The largest absolute Gasteiger partial charge is 0.395 e. The highest BCUT2D eigenvalue weighted by atomic mass is 35.5. The van der Waals surface area contributed by atoms with Gasteiger partial charge in [0.15, 0.2) is 0 Å². The van der Waals surface area contributed by atoms with E-state index < -0.39 is 16.1 Å². The van der Waals surface area contributed by atoms with Crippen LogP contribution >= 0.6 is 11.6 Å². The zero-order chi connectivity index (χ0) is 13.9. The quantitative estimate of drug-likeness (QED) is 0.896. The molecule has 1 aliphatic rings. The summed E-state index contributed by atoms with van der Waals surface area (Å²) in [5.41, 5.74) is 0.674. The highest BCUT2D eigenvalue weighted by molar-refractivity contribution is 7.88. The maximum Gasteiger partial charge on any atom is 0.218 e. The second-order valence-corrected chi connectivity index (χ2v) is 6.76. The summed E-state index contributed by atoms with van der Waals surface area (Å²) < 4.78 is 31.2. The van der Waals surface area contributed by atoms with E-state index in [1.54, 1.807) is 24.3 Å². The lowest BCUT2D eigenvalue weighted by molar-refractivity contribution is 0.0108. The number of morpholine rings is 1. The van der Waals surface area contributed by atoms with E-state index in [-0.39, 0.29) is 25.5 Å². The Kier molecular flexibility index (Phi) is 4.81. The smallest absolute Gasteiger partial charge is 0.218 e. The molecule has 5 nitrogen and oxygen atoms in total. The van der Waals surface area contributed by atoms with Crippen LogP contribution in [0.1, 0.15) is 5.56 Å². The monoisotopic (exact) mass is 305 g/mol. The van der Waals surface area contributed by atoms with Gasteiger partial charge in [-0.2, -0.15) is 4.31 Å². The molecule has 106 valence electrons. The Morgan fingerprint density at radius 1 is 1.37 bits per heavy atom. The average molecular weight is 306 g/mol. The Morgan fingerprint density at radius 3 is 2.68 bits per heavy atom. The summed E-state index contributed by atoms with van der Waals surface area (Å²) in [7, 11) is -3.46. The number of benzene rings is 1. The second kappa shape index (κ2) is 6.19. The van der Waals surface area contributed by atoms with Gasteiger partial charge in [0, 0.05) is 11.6 Å². The molecule has 1 atom stereocenters. The Balaban J connectivity index is 2.14. The summed E-state index contributed by atoms with van der Waals surface area (Å²) in [6, 6.07) is 6.21. The maximum absolute atomic E-state index is 12.3. The lowest BCUT2D eigenvalue weighted by Gasteiger charge is -2.33. The number of aliphatic hydroxyl groups excluding tert-OH is 1. The average Bonchev–Trinajstić information content (AvgIpc) is 2.41. The number of hydrogen-bond acceptors (Lipinski definition) is 4. The fraction of sp³-hybridized carbons (Fsp3) is 0.500. The van der Waals surface area contributed by atoms with Crippen molar-refractivity contribution in [1.82, 2.24) is 4.31 Å². The first-order chi connectivity index (χ1) is 9.03. The van der Waals surface area contributed by atoms with Gasteiger partial charge < -0.3 is 9.84 Å². The van der Waals surface area contributed by atoms with Crippen LogP contribution in [0.3, 0.4) is 0 Å². The summed E-state index contributed by atoms with van der Waals surface area (Å²) >= 11 is 5.77.